The minimum absolute atomic E-state index is 0.139. The van der Waals surface area contributed by atoms with Crippen molar-refractivity contribution in [1.29, 1.82) is 0 Å². The topological polar surface area (TPSA) is 17.0 Å². The summed E-state index contributed by atoms with van der Waals surface area (Å²) >= 11 is 0. The van der Waals surface area contributed by atoms with E-state index in [-0.39, 0.29) is 11.9 Å². The van der Waals surface area contributed by atoms with Crippen LogP contribution in [-0.4, -0.2) is 4.57 Å². The first-order valence-electron chi connectivity index (χ1n) is 5.76. The maximum absolute atomic E-state index is 13.1. The number of hydrogen-bond acceptors (Lipinski definition) is 1. The molecule has 0 saturated heterocycles. The first-order valence-corrected chi connectivity index (χ1v) is 5.76. The smallest absolute Gasteiger partial charge is 0.123 e. The van der Waals surface area contributed by atoms with Crippen LogP contribution in [0.25, 0.3) is 0 Å². The molecule has 2 rings (SSSR count). The molecular formula is C14H17FN2. The molecule has 0 aliphatic heterocycles. The van der Waals surface area contributed by atoms with Crippen molar-refractivity contribution in [2.24, 2.45) is 7.05 Å². The molecule has 1 aromatic carbocycles. The Bertz CT molecular complexity index is 490. The average Bonchev–Trinajstić information content (AvgIpc) is 2.72. The zero-order valence-electron chi connectivity index (χ0n) is 10.2. The summed E-state index contributed by atoms with van der Waals surface area (Å²) in [5.41, 5.74) is 2.19. The van der Waals surface area contributed by atoms with Crippen molar-refractivity contribution in [2.45, 2.75) is 19.5 Å². The van der Waals surface area contributed by atoms with Crippen LogP contribution in [0, 0.1) is 5.82 Å². The molecule has 2 nitrogen and oxygen atoms in total. The van der Waals surface area contributed by atoms with Crippen molar-refractivity contribution in [3.05, 3.63) is 59.7 Å². The van der Waals surface area contributed by atoms with E-state index in [2.05, 4.69) is 16.0 Å². The minimum atomic E-state index is -0.185. The maximum atomic E-state index is 13.1. The Kier molecular flexibility index (Phi) is 3.59. The second-order valence-corrected chi connectivity index (χ2v) is 4.27. The zero-order valence-corrected chi connectivity index (χ0v) is 10.2. The Morgan fingerprint density at radius 2 is 2.12 bits per heavy atom. The van der Waals surface area contributed by atoms with Crippen LogP contribution in [-0.2, 0) is 13.6 Å². The van der Waals surface area contributed by atoms with E-state index in [9.17, 15) is 4.39 Å². The molecule has 17 heavy (non-hydrogen) atoms. The number of hydrogen-bond donors (Lipinski definition) is 1. The molecule has 0 bridgehead atoms. The van der Waals surface area contributed by atoms with Gasteiger partial charge in [-0.2, -0.15) is 0 Å². The molecule has 1 aromatic heterocycles. The molecule has 1 heterocycles. The molecule has 0 saturated carbocycles. The maximum Gasteiger partial charge on any atom is 0.123 e. The quantitative estimate of drug-likeness (QED) is 0.857. The van der Waals surface area contributed by atoms with Gasteiger partial charge in [-0.25, -0.2) is 4.39 Å². The number of rotatable bonds is 4. The van der Waals surface area contributed by atoms with E-state index >= 15 is 0 Å². The third-order valence-electron chi connectivity index (χ3n) is 2.99. The normalized spacial score (nSPS) is 12.6. The fraction of sp³-hybridized carbons (Fsp3) is 0.286. The summed E-state index contributed by atoms with van der Waals surface area (Å²) < 4.78 is 15.1. The van der Waals surface area contributed by atoms with Gasteiger partial charge >= 0.3 is 0 Å². The summed E-state index contributed by atoms with van der Waals surface area (Å²) in [4.78, 5) is 0. The van der Waals surface area contributed by atoms with Gasteiger partial charge in [0.25, 0.3) is 0 Å². The highest BCUT2D eigenvalue weighted by Gasteiger charge is 2.06. The van der Waals surface area contributed by atoms with Crippen molar-refractivity contribution in [3.63, 3.8) is 0 Å². The van der Waals surface area contributed by atoms with E-state index in [0.29, 0.717) is 0 Å². The van der Waals surface area contributed by atoms with Crippen LogP contribution in [0.3, 0.4) is 0 Å². The summed E-state index contributed by atoms with van der Waals surface area (Å²) in [7, 11) is 2.02. The van der Waals surface area contributed by atoms with Crippen molar-refractivity contribution in [2.75, 3.05) is 0 Å². The summed E-state index contributed by atoms with van der Waals surface area (Å²) in [5.74, 6) is -0.185. The molecule has 1 atom stereocenters. The van der Waals surface area contributed by atoms with Gasteiger partial charge in [-0.05, 0) is 36.8 Å². The predicted molar refractivity (Wildman–Crippen MR) is 67.1 cm³/mol. The van der Waals surface area contributed by atoms with Crippen molar-refractivity contribution in [1.82, 2.24) is 9.88 Å². The summed E-state index contributed by atoms with van der Waals surface area (Å²) in [6, 6.07) is 10.9. The number of halogens is 1. The lowest BCUT2D eigenvalue weighted by atomic mass is 10.1. The average molecular weight is 232 g/mol. The van der Waals surface area contributed by atoms with Gasteiger partial charge in [-0.15, -0.1) is 0 Å². The van der Waals surface area contributed by atoms with Gasteiger partial charge in [0.1, 0.15) is 5.82 Å². The molecule has 1 N–H and O–H groups in total. The van der Waals surface area contributed by atoms with Crippen LogP contribution in [0.4, 0.5) is 4.39 Å². The van der Waals surface area contributed by atoms with Gasteiger partial charge in [-0.3, -0.25) is 0 Å². The standard InChI is InChI=1S/C14H17FN2/c1-11(12-5-3-6-13(15)9-12)16-10-14-7-4-8-17(14)2/h3-9,11,16H,10H2,1-2H3. The Balaban J connectivity index is 1.98. The molecule has 0 radical (unpaired) electrons. The van der Waals surface area contributed by atoms with E-state index < -0.39 is 0 Å². The number of aryl methyl sites for hydroxylation is 1. The number of nitrogens with one attached hydrogen (secondary N) is 1. The van der Waals surface area contributed by atoms with E-state index in [1.807, 2.05) is 32.3 Å². The second kappa shape index (κ2) is 5.15. The van der Waals surface area contributed by atoms with Gasteiger partial charge in [0.05, 0.1) is 0 Å². The molecule has 1 unspecified atom stereocenters. The Morgan fingerprint density at radius 1 is 1.29 bits per heavy atom. The van der Waals surface area contributed by atoms with Crippen molar-refractivity contribution in [3.8, 4) is 0 Å². The van der Waals surface area contributed by atoms with E-state index in [1.54, 1.807) is 12.1 Å². The Hall–Kier alpha value is -1.61. The Morgan fingerprint density at radius 3 is 2.76 bits per heavy atom. The van der Waals surface area contributed by atoms with E-state index in [0.717, 1.165) is 12.1 Å². The first-order chi connectivity index (χ1) is 8.16. The van der Waals surface area contributed by atoms with Gasteiger partial charge in [0.15, 0.2) is 0 Å². The van der Waals surface area contributed by atoms with Crippen LogP contribution in [0.15, 0.2) is 42.6 Å². The predicted octanol–water partition coefficient (Wildman–Crippen LogP) is 3.02. The number of aromatic nitrogens is 1. The molecule has 3 heteroatoms. The molecule has 0 aliphatic rings. The largest absolute Gasteiger partial charge is 0.353 e. The fourth-order valence-corrected chi connectivity index (χ4v) is 1.83. The van der Waals surface area contributed by atoms with Crippen molar-refractivity contribution >= 4 is 0 Å². The highest BCUT2D eigenvalue weighted by molar-refractivity contribution is 5.19. The second-order valence-electron chi connectivity index (χ2n) is 4.27. The molecule has 0 aliphatic carbocycles. The number of nitrogens with zero attached hydrogens (tertiary/aromatic N) is 1. The van der Waals surface area contributed by atoms with E-state index in [1.165, 1.54) is 11.8 Å². The summed E-state index contributed by atoms with van der Waals surface area (Å²) in [6.07, 6.45) is 2.02. The first kappa shape index (κ1) is 11.9. The molecule has 0 spiro atoms. The van der Waals surface area contributed by atoms with Crippen molar-refractivity contribution < 1.29 is 4.39 Å². The van der Waals surface area contributed by atoms with Crippen LogP contribution in [0.2, 0.25) is 0 Å². The van der Waals surface area contributed by atoms with Gasteiger partial charge in [0, 0.05) is 31.5 Å². The summed E-state index contributed by atoms with van der Waals surface area (Å²) in [5, 5.41) is 3.38. The summed E-state index contributed by atoms with van der Waals surface area (Å²) in [6.45, 7) is 2.82. The lowest BCUT2D eigenvalue weighted by Gasteiger charge is -2.14. The SMILES string of the molecule is CC(NCc1cccn1C)c1cccc(F)c1. The minimum Gasteiger partial charge on any atom is -0.353 e. The van der Waals surface area contributed by atoms with Gasteiger partial charge in [0.2, 0.25) is 0 Å². The van der Waals surface area contributed by atoms with Crippen LogP contribution in [0.5, 0.6) is 0 Å². The lowest BCUT2D eigenvalue weighted by Crippen LogP contribution is -2.19. The molecule has 0 fully saturated rings. The highest BCUT2D eigenvalue weighted by Crippen LogP contribution is 2.14. The van der Waals surface area contributed by atoms with Crippen LogP contribution >= 0.6 is 0 Å². The third kappa shape index (κ3) is 2.94. The number of benzene rings is 1. The van der Waals surface area contributed by atoms with Gasteiger partial charge < -0.3 is 9.88 Å². The van der Waals surface area contributed by atoms with Crippen LogP contribution < -0.4 is 5.32 Å². The third-order valence-corrected chi connectivity index (χ3v) is 2.99. The highest BCUT2D eigenvalue weighted by atomic mass is 19.1. The lowest BCUT2D eigenvalue weighted by molar-refractivity contribution is 0.551. The molecule has 0 amide bonds. The monoisotopic (exact) mass is 232 g/mol. The molecule has 90 valence electrons. The molecular weight excluding hydrogens is 215 g/mol. The van der Waals surface area contributed by atoms with Crippen LogP contribution in [0.1, 0.15) is 24.2 Å². The fourth-order valence-electron chi connectivity index (χ4n) is 1.83. The van der Waals surface area contributed by atoms with Gasteiger partial charge in [-0.1, -0.05) is 12.1 Å². The zero-order chi connectivity index (χ0) is 12.3. The van der Waals surface area contributed by atoms with E-state index in [4.69, 9.17) is 0 Å². The Labute approximate surface area is 101 Å². The molecule has 2 aromatic rings.